The van der Waals surface area contributed by atoms with Crippen LogP contribution >= 0.6 is 0 Å². The second-order valence-electron chi connectivity index (χ2n) is 8.93. The first kappa shape index (κ1) is 27.1. The summed E-state index contributed by atoms with van der Waals surface area (Å²) in [6.07, 6.45) is 6.53. The molecule has 5 heteroatoms. The standard InChI is InChI=1S/C22H51N3OSi/c1-9-13-21(5)26-27-20-22(17-23(6)14-10-2,18-24(7)15-11-3)19-25(8)16-12-4/h21H,9-20,27H2,1-8H3. The van der Waals surface area contributed by atoms with E-state index in [-0.39, 0.29) is 0 Å². The van der Waals surface area contributed by atoms with E-state index in [1.807, 2.05) is 0 Å². The smallest absolute Gasteiger partial charge is 0.162 e. The molecule has 0 bridgehead atoms. The molecular formula is C22H51N3OSi. The summed E-state index contributed by atoms with van der Waals surface area (Å²) in [7, 11) is 6.41. The number of hydrogen-bond donors (Lipinski definition) is 0. The van der Waals surface area contributed by atoms with Crippen molar-refractivity contribution in [3.63, 3.8) is 0 Å². The highest BCUT2D eigenvalue weighted by atomic mass is 28.2. The predicted molar refractivity (Wildman–Crippen MR) is 125 cm³/mol. The first-order valence-corrected chi connectivity index (χ1v) is 13.1. The lowest BCUT2D eigenvalue weighted by Gasteiger charge is -2.42. The molecule has 0 rings (SSSR count). The van der Waals surface area contributed by atoms with Crippen molar-refractivity contribution in [3.8, 4) is 0 Å². The minimum Gasteiger partial charge on any atom is -0.421 e. The highest BCUT2D eigenvalue weighted by Gasteiger charge is 2.34. The van der Waals surface area contributed by atoms with E-state index in [4.69, 9.17) is 4.43 Å². The van der Waals surface area contributed by atoms with Gasteiger partial charge in [-0.2, -0.15) is 0 Å². The van der Waals surface area contributed by atoms with Crippen molar-refractivity contribution >= 4 is 9.76 Å². The zero-order valence-electron chi connectivity index (χ0n) is 20.0. The van der Waals surface area contributed by atoms with Crippen LogP contribution in [0.25, 0.3) is 0 Å². The van der Waals surface area contributed by atoms with Gasteiger partial charge in [0.25, 0.3) is 0 Å². The lowest BCUT2D eigenvalue weighted by molar-refractivity contribution is 0.0893. The molecule has 164 valence electrons. The van der Waals surface area contributed by atoms with Crippen LogP contribution in [0.1, 0.15) is 66.7 Å². The monoisotopic (exact) mass is 401 g/mol. The van der Waals surface area contributed by atoms with Crippen molar-refractivity contribution in [2.45, 2.75) is 78.9 Å². The molecule has 4 nitrogen and oxygen atoms in total. The summed E-state index contributed by atoms with van der Waals surface area (Å²) in [6, 6.07) is 1.28. The Hall–Kier alpha value is 0.0569. The highest BCUT2D eigenvalue weighted by molar-refractivity contribution is 6.27. The molecule has 1 atom stereocenters. The first-order chi connectivity index (χ1) is 12.8. The quantitative estimate of drug-likeness (QED) is 0.326. The lowest BCUT2D eigenvalue weighted by atomic mass is 9.87. The first-order valence-electron chi connectivity index (χ1n) is 11.5. The van der Waals surface area contributed by atoms with Crippen molar-refractivity contribution in [3.05, 3.63) is 0 Å². The van der Waals surface area contributed by atoms with E-state index in [1.165, 1.54) is 77.4 Å². The molecule has 0 aromatic heterocycles. The Morgan fingerprint density at radius 2 is 1.15 bits per heavy atom. The summed E-state index contributed by atoms with van der Waals surface area (Å²) in [5.41, 5.74) is 0.315. The largest absolute Gasteiger partial charge is 0.421 e. The van der Waals surface area contributed by atoms with Gasteiger partial charge in [0.05, 0.1) is 0 Å². The summed E-state index contributed by atoms with van der Waals surface area (Å²) in [5, 5.41) is 0. The third kappa shape index (κ3) is 13.0. The van der Waals surface area contributed by atoms with E-state index in [2.05, 4.69) is 70.5 Å². The molecule has 0 aliphatic carbocycles. The minimum atomic E-state index is -0.511. The van der Waals surface area contributed by atoms with E-state index in [9.17, 15) is 0 Å². The van der Waals surface area contributed by atoms with E-state index < -0.39 is 9.76 Å². The van der Waals surface area contributed by atoms with Crippen molar-refractivity contribution in [2.75, 3.05) is 60.4 Å². The predicted octanol–water partition coefficient (Wildman–Crippen LogP) is 3.71. The van der Waals surface area contributed by atoms with Crippen LogP contribution in [0, 0.1) is 5.41 Å². The molecule has 0 heterocycles. The van der Waals surface area contributed by atoms with Crippen molar-refractivity contribution in [2.24, 2.45) is 5.41 Å². The summed E-state index contributed by atoms with van der Waals surface area (Å²) in [5.74, 6) is 0. The van der Waals surface area contributed by atoms with Gasteiger partial charge in [0.2, 0.25) is 0 Å². The van der Waals surface area contributed by atoms with Gasteiger partial charge in [-0.25, -0.2) is 0 Å². The van der Waals surface area contributed by atoms with Gasteiger partial charge in [0.1, 0.15) is 0 Å². The van der Waals surface area contributed by atoms with Gasteiger partial charge in [0, 0.05) is 31.2 Å². The average Bonchev–Trinajstić information content (AvgIpc) is 2.55. The van der Waals surface area contributed by atoms with E-state index in [0.717, 1.165) is 0 Å². The van der Waals surface area contributed by atoms with Crippen LogP contribution in [0.3, 0.4) is 0 Å². The van der Waals surface area contributed by atoms with Crippen LogP contribution < -0.4 is 0 Å². The van der Waals surface area contributed by atoms with Gasteiger partial charge < -0.3 is 19.1 Å². The summed E-state index contributed by atoms with van der Waals surface area (Å²) < 4.78 is 6.35. The lowest BCUT2D eigenvalue weighted by Crippen LogP contribution is -2.50. The van der Waals surface area contributed by atoms with Crippen LogP contribution in [-0.4, -0.2) is 91.0 Å². The van der Waals surface area contributed by atoms with E-state index in [1.54, 1.807) is 0 Å². The molecule has 0 fully saturated rings. The third-order valence-corrected chi connectivity index (χ3v) is 7.43. The Balaban J connectivity index is 5.26. The van der Waals surface area contributed by atoms with Gasteiger partial charge in [-0.1, -0.05) is 34.1 Å². The molecule has 0 N–H and O–H groups in total. The number of hydrogen-bond acceptors (Lipinski definition) is 4. The molecule has 0 amide bonds. The van der Waals surface area contributed by atoms with E-state index in [0.29, 0.717) is 11.5 Å². The zero-order valence-corrected chi connectivity index (χ0v) is 21.4. The Morgan fingerprint density at radius 3 is 1.48 bits per heavy atom. The Kier molecular flexibility index (Phi) is 16.0. The Labute approximate surface area is 173 Å². The van der Waals surface area contributed by atoms with Crippen LogP contribution in [0.2, 0.25) is 6.04 Å². The maximum absolute atomic E-state index is 6.35. The fourth-order valence-corrected chi connectivity index (χ4v) is 6.05. The Bertz CT molecular complexity index is 307. The van der Waals surface area contributed by atoms with E-state index >= 15 is 0 Å². The Morgan fingerprint density at radius 1 is 0.741 bits per heavy atom. The van der Waals surface area contributed by atoms with Crippen molar-refractivity contribution in [1.82, 2.24) is 14.7 Å². The molecule has 0 aliphatic heterocycles. The molecule has 0 saturated heterocycles. The molecule has 0 spiro atoms. The molecular weight excluding hydrogens is 350 g/mol. The van der Waals surface area contributed by atoms with Crippen molar-refractivity contribution < 1.29 is 4.43 Å². The maximum atomic E-state index is 6.35. The second kappa shape index (κ2) is 15.9. The van der Waals surface area contributed by atoms with Gasteiger partial charge in [0.15, 0.2) is 9.76 Å². The normalized spacial score (nSPS) is 14.3. The minimum absolute atomic E-state index is 0.315. The summed E-state index contributed by atoms with van der Waals surface area (Å²) in [6.45, 7) is 18.5. The highest BCUT2D eigenvalue weighted by Crippen LogP contribution is 2.27. The van der Waals surface area contributed by atoms with Crippen molar-refractivity contribution in [1.29, 1.82) is 0 Å². The molecule has 0 aromatic carbocycles. The van der Waals surface area contributed by atoms with Crippen LogP contribution in [0.4, 0.5) is 0 Å². The zero-order chi connectivity index (χ0) is 20.7. The fourth-order valence-electron chi connectivity index (χ4n) is 4.45. The maximum Gasteiger partial charge on any atom is 0.162 e. The molecule has 27 heavy (non-hydrogen) atoms. The summed E-state index contributed by atoms with van der Waals surface area (Å²) >= 11 is 0. The molecule has 0 saturated carbocycles. The summed E-state index contributed by atoms with van der Waals surface area (Å²) in [4.78, 5) is 7.68. The SMILES string of the molecule is CCCC(C)O[SiH2]CC(CN(C)CCC)(CN(C)CCC)CN(C)CCC. The van der Waals surface area contributed by atoms with Gasteiger partial charge in [-0.05, 0) is 79.4 Å². The molecule has 1 unspecified atom stereocenters. The number of rotatable bonds is 18. The topological polar surface area (TPSA) is 19.0 Å². The van der Waals surface area contributed by atoms with Crippen LogP contribution in [0.5, 0.6) is 0 Å². The van der Waals surface area contributed by atoms with Gasteiger partial charge in [-0.15, -0.1) is 0 Å². The van der Waals surface area contributed by atoms with Crippen LogP contribution in [0.15, 0.2) is 0 Å². The average molecular weight is 402 g/mol. The fraction of sp³-hybridized carbons (Fsp3) is 1.00. The molecule has 0 radical (unpaired) electrons. The third-order valence-electron chi connectivity index (χ3n) is 5.36. The number of nitrogens with zero attached hydrogens (tertiary/aromatic N) is 3. The molecule has 0 aliphatic rings. The molecule has 0 aromatic rings. The van der Waals surface area contributed by atoms with Gasteiger partial charge in [-0.3, -0.25) is 0 Å². The second-order valence-corrected chi connectivity index (χ2v) is 10.2. The van der Waals surface area contributed by atoms with Gasteiger partial charge >= 0.3 is 0 Å². The van der Waals surface area contributed by atoms with Crippen LogP contribution in [-0.2, 0) is 4.43 Å².